The summed E-state index contributed by atoms with van der Waals surface area (Å²) in [6.07, 6.45) is 6.65. The zero-order valence-corrected chi connectivity index (χ0v) is 11.4. The van der Waals surface area contributed by atoms with Crippen LogP contribution in [0.2, 0.25) is 0 Å². The van der Waals surface area contributed by atoms with Crippen molar-refractivity contribution in [3.8, 4) is 0 Å². The molecule has 17 heavy (non-hydrogen) atoms. The summed E-state index contributed by atoms with van der Waals surface area (Å²) in [7, 11) is 0. The van der Waals surface area contributed by atoms with E-state index in [1.807, 2.05) is 10.9 Å². The first-order valence-electron chi connectivity index (χ1n) is 5.73. The molecule has 0 aromatic carbocycles. The van der Waals surface area contributed by atoms with Crippen molar-refractivity contribution in [2.45, 2.75) is 26.4 Å². The second-order valence-electron chi connectivity index (χ2n) is 3.95. The predicted octanol–water partition coefficient (Wildman–Crippen LogP) is 2.79. The average Bonchev–Trinajstić information content (AvgIpc) is 2.90. The molecule has 0 unspecified atom stereocenters. The van der Waals surface area contributed by atoms with E-state index >= 15 is 0 Å². The number of nitrogens with one attached hydrogen (secondary N) is 1. The van der Waals surface area contributed by atoms with Gasteiger partial charge in [-0.15, -0.1) is 0 Å². The Bertz CT molecular complexity index is 464. The van der Waals surface area contributed by atoms with Crippen LogP contribution in [0.25, 0.3) is 0 Å². The van der Waals surface area contributed by atoms with Gasteiger partial charge in [-0.25, -0.2) is 0 Å². The van der Waals surface area contributed by atoms with Crippen LogP contribution in [0, 0.1) is 0 Å². The lowest BCUT2D eigenvalue weighted by Gasteiger charge is -1.98. The molecule has 2 rings (SSSR count). The van der Waals surface area contributed by atoms with E-state index in [2.05, 4.69) is 39.3 Å². The summed E-state index contributed by atoms with van der Waals surface area (Å²) >= 11 is 3.37. The van der Waals surface area contributed by atoms with E-state index in [4.69, 9.17) is 4.42 Å². The third kappa shape index (κ3) is 3.71. The summed E-state index contributed by atoms with van der Waals surface area (Å²) in [5.41, 5.74) is 1.18. The van der Waals surface area contributed by atoms with E-state index in [0.29, 0.717) is 6.54 Å². The number of rotatable bonds is 6. The van der Waals surface area contributed by atoms with Gasteiger partial charge in [0.1, 0.15) is 5.76 Å². The predicted molar refractivity (Wildman–Crippen MR) is 69.7 cm³/mol. The Hall–Kier alpha value is -1.07. The van der Waals surface area contributed by atoms with Gasteiger partial charge in [-0.1, -0.05) is 6.92 Å². The number of aromatic nitrogens is 2. The highest BCUT2D eigenvalue weighted by atomic mass is 79.9. The normalized spacial score (nSPS) is 10.9. The Morgan fingerprint density at radius 3 is 3.12 bits per heavy atom. The molecule has 0 radical (unpaired) electrons. The fraction of sp³-hybridized carbons (Fsp3) is 0.417. The first-order valence-corrected chi connectivity index (χ1v) is 6.52. The second-order valence-corrected chi connectivity index (χ2v) is 4.87. The van der Waals surface area contributed by atoms with Crippen LogP contribution in [-0.4, -0.2) is 16.3 Å². The number of halogens is 1. The lowest BCUT2D eigenvalue weighted by molar-refractivity contribution is 0.478. The van der Waals surface area contributed by atoms with Crippen molar-refractivity contribution in [1.82, 2.24) is 15.1 Å². The number of hydrogen-bond acceptors (Lipinski definition) is 3. The molecule has 4 nitrogen and oxygen atoms in total. The molecule has 0 spiro atoms. The minimum absolute atomic E-state index is 0.666. The molecule has 2 aromatic heterocycles. The highest BCUT2D eigenvalue weighted by Gasteiger charge is 2.03. The maximum atomic E-state index is 5.49. The van der Waals surface area contributed by atoms with E-state index in [-0.39, 0.29) is 0 Å². The first kappa shape index (κ1) is 12.4. The molecule has 2 heterocycles. The van der Waals surface area contributed by atoms with Crippen molar-refractivity contribution < 1.29 is 4.42 Å². The quantitative estimate of drug-likeness (QED) is 0.834. The lowest BCUT2D eigenvalue weighted by Crippen LogP contribution is -2.13. The molecule has 92 valence electrons. The number of nitrogens with zero attached hydrogens (tertiary/aromatic N) is 2. The zero-order valence-electron chi connectivity index (χ0n) is 9.82. The fourth-order valence-corrected chi connectivity index (χ4v) is 1.92. The van der Waals surface area contributed by atoms with Gasteiger partial charge in [0, 0.05) is 18.3 Å². The van der Waals surface area contributed by atoms with Gasteiger partial charge < -0.3 is 9.73 Å². The first-order chi connectivity index (χ1) is 8.28. The monoisotopic (exact) mass is 297 g/mol. The maximum Gasteiger partial charge on any atom is 0.125 e. The smallest absolute Gasteiger partial charge is 0.125 e. The Kier molecular flexibility index (Phi) is 4.39. The van der Waals surface area contributed by atoms with E-state index in [1.54, 1.807) is 12.5 Å². The van der Waals surface area contributed by atoms with E-state index < -0.39 is 0 Å². The van der Waals surface area contributed by atoms with Gasteiger partial charge in [0.05, 0.1) is 23.5 Å². The largest absolute Gasteiger partial charge is 0.467 e. The topological polar surface area (TPSA) is 43.0 Å². The Morgan fingerprint density at radius 1 is 1.53 bits per heavy atom. The minimum Gasteiger partial charge on any atom is -0.467 e. The Labute approximate surface area is 109 Å². The molecule has 0 atom stereocenters. The number of furan rings is 1. The van der Waals surface area contributed by atoms with Crippen LogP contribution in [0.1, 0.15) is 24.7 Å². The minimum atomic E-state index is 0.666. The lowest BCUT2D eigenvalue weighted by atomic mass is 10.3. The van der Waals surface area contributed by atoms with Gasteiger partial charge in [0.15, 0.2) is 0 Å². The summed E-state index contributed by atoms with van der Waals surface area (Å²) in [6.45, 7) is 4.72. The Balaban J connectivity index is 1.89. The average molecular weight is 298 g/mol. The van der Waals surface area contributed by atoms with Gasteiger partial charge >= 0.3 is 0 Å². The van der Waals surface area contributed by atoms with Crippen molar-refractivity contribution in [2.75, 3.05) is 6.54 Å². The third-order valence-corrected chi connectivity index (χ3v) is 2.79. The van der Waals surface area contributed by atoms with Gasteiger partial charge in [-0.05, 0) is 35.0 Å². The van der Waals surface area contributed by atoms with Crippen LogP contribution in [0.5, 0.6) is 0 Å². The molecule has 0 aliphatic carbocycles. The molecule has 0 aliphatic heterocycles. The SMILES string of the molecule is CCCNCc1coc(Cn2cc(Br)cn2)c1. The van der Waals surface area contributed by atoms with Crippen LogP contribution < -0.4 is 5.32 Å². The van der Waals surface area contributed by atoms with E-state index in [1.165, 1.54) is 5.56 Å². The summed E-state index contributed by atoms with van der Waals surface area (Å²) in [6, 6.07) is 2.07. The molecule has 1 N–H and O–H groups in total. The number of hydrogen-bond donors (Lipinski definition) is 1. The summed E-state index contributed by atoms with van der Waals surface area (Å²) in [4.78, 5) is 0. The van der Waals surface area contributed by atoms with Gasteiger partial charge in [-0.2, -0.15) is 5.10 Å². The summed E-state index contributed by atoms with van der Waals surface area (Å²) in [5, 5.41) is 7.53. The van der Waals surface area contributed by atoms with Gasteiger partial charge in [0.2, 0.25) is 0 Å². The van der Waals surface area contributed by atoms with Crippen LogP contribution in [-0.2, 0) is 13.1 Å². The van der Waals surface area contributed by atoms with Crippen molar-refractivity contribution in [3.05, 3.63) is 40.5 Å². The summed E-state index contributed by atoms with van der Waals surface area (Å²) < 4.78 is 8.31. The molecule has 0 amide bonds. The molecule has 0 saturated carbocycles. The molecule has 2 aromatic rings. The van der Waals surface area contributed by atoms with Crippen LogP contribution in [0.15, 0.2) is 33.6 Å². The maximum absolute atomic E-state index is 5.49. The molecule has 0 fully saturated rings. The van der Waals surface area contributed by atoms with Crippen LogP contribution in [0.4, 0.5) is 0 Å². The molecular formula is C12H16BrN3O. The van der Waals surface area contributed by atoms with Crippen molar-refractivity contribution in [2.24, 2.45) is 0 Å². The highest BCUT2D eigenvalue weighted by Crippen LogP contribution is 2.11. The standard InChI is InChI=1S/C12H16BrN3O/c1-2-3-14-5-10-4-12(17-9-10)8-16-7-11(13)6-15-16/h4,6-7,9,14H,2-3,5,8H2,1H3. The molecule has 0 saturated heterocycles. The molecular weight excluding hydrogens is 282 g/mol. The van der Waals surface area contributed by atoms with Gasteiger partial charge in [0.25, 0.3) is 0 Å². The Morgan fingerprint density at radius 2 is 2.41 bits per heavy atom. The highest BCUT2D eigenvalue weighted by molar-refractivity contribution is 9.10. The third-order valence-electron chi connectivity index (χ3n) is 2.38. The second kappa shape index (κ2) is 6.02. The summed E-state index contributed by atoms with van der Waals surface area (Å²) in [5.74, 6) is 0.925. The van der Waals surface area contributed by atoms with E-state index in [9.17, 15) is 0 Å². The van der Waals surface area contributed by atoms with Crippen molar-refractivity contribution >= 4 is 15.9 Å². The van der Waals surface area contributed by atoms with Crippen molar-refractivity contribution in [3.63, 3.8) is 0 Å². The van der Waals surface area contributed by atoms with Crippen molar-refractivity contribution in [1.29, 1.82) is 0 Å². The van der Waals surface area contributed by atoms with Crippen LogP contribution in [0.3, 0.4) is 0 Å². The van der Waals surface area contributed by atoms with Gasteiger partial charge in [-0.3, -0.25) is 4.68 Å². The molecule has 5 heteroatoms. The van der Waals surface area contributed by atoms with Crippen LogP contribution >= 0.6 is 15.9 Å². The molecule has 0 aliphatic rings. The van der Waals surface area contributed by atoms with E-state index in [0.717, 1.165) is 29.7 Å². The molecule has 0 bridgehead atoms. The fourth-order valence-electron chi connectivity index (χ4n) is 1.60. The zero-order chi connectivity index (χ0) is 12.1.